The Morgan fingerprint density at radius 1 is 1.44 bits per heavy atom. The molecule has 0 unspecified atom stereocenters. The number of hydrogen-bond donors (Lipinski definition) is 2. The number of carbonyl (C=O) groups excluding carboxylic acids is 1. The maximum atomic E-state index is 11.4. The van der Waals surface area contributed by atoms with E-state index < -0.39 is 11.7 Å². The molecule has 2 atom stereocenters. The summed E-state index contributed by atoms with van der Waals surface area (Å²) in [5, 5.41) is 0. The summed E-state index contributed by atoms with van der Waals surface area (Å²) in [5.74, 6) is 0. The first-order chi connectivity index (χ1) is 7.37. The Balaban J connectivity index is 2.21. The predicted molar refractivity (Wildman–Crippen MR) is 60.9 cm³/mol. The van der Waals surface area contributed by atoms with Crippen LogP contribution in [0, 0.1) is 0 Å². The van der Waals surface area contributed by atoms with Gasteiger partial charge in [0, 0.05) is 12.6 Å². The van der Waals surface area contributed by atoms with Gasteiger partial charge in [-0.1, -0.05) is 0 Å². The molecule has 94 valence electrons. The molecule has 1 heterocycles. The minimum absolute atomic E-state index is 0.242. The molecule has 1 rings (SSSR count). The average Bonchev–Trinajstić information content (AvgIpc) is 2.12. The third kappa shape index (κ3) is 5.32. The van der Waals surface area contributed by atoms with Crippen LogP contribution in [0.4, 0.5) is 4.79 Å². The van der Waals surface area contributed by atoms with Crippen LogP contribution in [0.5, 0.6) is 0 Å². The highest BCUT2D eigenvalue weighted by Gasteiger charge is 2.21. The first kappa shape index (κ1) is 13.3. The molecule has 0 aromatic heterocycles. The number of amides is 1. The Morgan fingerprint density at radius 2 is 2.12 bits per heavy atom. The second-order valence-corrected chi connectivity index (χ2v) is 5.17. The van der Waals surface area contributed by atoms with Crippen molar-refractivity contribution in [1.29, 1.82) is 0 Å². The van der Waals surface area contributed by atoms with E-state index in [0.29, 0.717) is 0 Å². The van der Waals surface area contributed by atoms with Gasteiger partial charge in [-0.15, -0.1) is 0 Å². The van der Waals surface area contributed by atoms with E-state index in [4.69, 9.17) is 9.47 Å². The highest BCUT2D eigenvalue weighted by molar-refractivity contribution is 5.67. The molecule has 0 aliphatic carbocycles. The van der Waals surface area contributed by atoms with Gasteiger partial charge in [0.25, 0.3) is 0 Å². The maximum absolute atomic E-state index is 11.4. The SMILES string of the molecule is C[C@@H]1C[C@H](NNC(=O)OC(C)(C)C)CCO1. The second-order valence-electron chi connectivity index (χ2n) is 5.17. The van der Waals surface area contributed by atoms with Crippen molar-refractivity contribution in [2.45, 2.75) is 58.3 Å². The third-order valence-electron chi connectivity index (χ3n) is 2.26. The van der Waals surface area contributed by atoms with Crippen LogP contribution in [0.3, 0.4) is 0 Å². The van der Waals surface area contributed by atoms with E-state index in [0.717, 1.165) is 19.4 Å². The topological polar surface area (TPSA) is 59.6 Å². The second kappa shape index (κ2) is 5.50. The quantitative estimate of drug-likeness (QED) is 0.707. The van der Waals surface area contributed by atoms with Crippen molar-refractivity contribution < 1.29 is 14.3 Å². The average molecular weight is 230 g/mol. The summed E-state index contributed by atoms with van der Waals surface area (Å²) in [6.45, 7) is 8.27. The van der Waals surface area contributed by atoms with Crippen molar-refractivity contribution in [3.8, 4) is 0 Å². The zero-order chi connectivity index (χ0) is 12.2. The van der Waals surface area contributed by atoms with E-state index in [9.17, 15) is 4.79 Å². The summed E-state index contributed by atoms with van der Waals surface area (Å²) in [6, 6.07) is 0.260. The molecule has 16 heavy (non-hydrogen) atoms. The van der Waals surface area contributed by atoms with E-state index in [-0.39, 0.29) is 12.1 Å². The van der Waals surface area contributed by atoms with Crippen LogP contribution < -0.4 is 10.9 Å². The fraction of sp³-hybridized carbons (Fsp3) is 0.909. The Labute approximate surface area is 96.8 Å². The molecule has 1 aliphatic heterocycles. The molecule has 1 saturated heterocycles. The Bertz CT molecular complexity index is 238. The lowest BCUT2D eigenvalue weighted by Gasteiger charge is -2.28. The van der Waals surface area contributed by atoms with Gasteiger partial charge in [0.2, 0.25) is 0 Å². The Kier molecular flexibility index (Phi) is 4.56. The van der Waals surface area contributed by atoms with Crippen LogP contribution in [0.15, 0.2) is 0 Å². The van der Waals surface area contributed by atoms with E-state index in [1.807, 2.05) is 27.7 Å². The van der Waals surface area contributed by atoms with Crippen molar-refractivity contribution >= 4 is 6.09 Å². The van der Waals surface area contributed by atoms with Crippen molar-refractivity contribution in [3.63, 3.8) is 0 Å². The molecule has 2 N–H and O–H groups in total. The highest BCUT2D eigenvalue weighted by Crippen LogP contribution is 2.12. The number of ether oxygens (including phenoxy) is 2. The molecule has 0 aromatic rings. The van der Waals surface area contributed by atoms with Gasteiger partial charge in [-0.3, -0.25) is 5.43 Å². The zero-order valence-corrected chi connectivity index (χ0v) is 10.5. The number of hydrogen-bond acceptors (Lipinski definition) is 4. The van der Waals surface area contributed by atoms with Gasteiger partial charge >= 0.3 is 6.09 Å². The van der Waals surface area contributed by atoms with Crippen LogP contribution in [-0.4, -0.2) is 30.4 Å². The molecular weight excluding hydrogens is 208 g/mol. The first-order valence-electron chi connectivity index (χ1n) is 5.73. The monoisotopic (exact) mass is 230 g/mol. The number of carbonyl (C=O) groups is 1. The van der Waals surface area contributed by atoms with Crippen molar-refractivity contribution in [1.82, 2.24) is 10.9 Å². The summed E-state index contributed by atoms with van der Waals surface area (Å²) in [5.41, 5.74) is 5.07. The van der Waals surface area contributed by atoms with Crippen LogP contribution in [0.25, 0.3) is 0 Å². The Morgan fingerprint density at radius 3 is 2.69 bits per heavy atom. The smallest absolute Gasteiger partial charge is 0.422 e. The minimum atomic E-state index is -0.464. The molecule has 1 fully saturated rings. The molecular formula is C11H22N2O3. The first-order valence-corrected chi connectivity index (χ1v) is 5.73. The summed E-state index contributed by atoms with van der Waals surface area (Å²) < 4.78 is 10.5. The van der Waals surface area contributed by atoms with Crippen LogP contribution in [-0.2, 0) is 9.47 Å². The minimum Gasteiger partial charge on any atom is -0.443 e. The zero-order valence-electron chi connectivity index (χ0n) is 10.5. The number of hydrazine groups is 1. The van der Waals surface area contributed by atoms with Crippen molar-refractivity contribution in [2.24, 2.45) is 0 Å². The molecule has 0 spiro atoms. The summed E-state index contributed by atoms with van der Waals surface area (Å²) >= 11 is 0. The standard InChI is InChI=1S/C11H22N2O3/c1-8-7-9(5-6-15-8)12-13-10(14)16-11(2,3)4/h8-9,12H,5-7H2,1-4H3,(H,13,14)/t8-,9-/m1/s1. The molecule has 1 amide bonds. The highest BCUT2D eigenvalue weighted by atomic mass is 16.6. The van der Waals surface area contributed by atoms with E-state index in [1.165, 1.54) is 0 Å². The molecule has 0 aromatic carbocycles. The van der Waals surface area contributed by atoms with Gasteiger partial charge in [0.1, 0.15) is 5.60 Å². The summed E-state index contributed by atoms with van der Waals surface area (Å²) in [6.07, 6.45) is 1.61. The largest absolute Gasteiger partial charge is 0.443 e. The summed E-state index contributed by atoms with van der Waals surface area (Å²) in [7, 11) is 0. The Hall–Kier alpha value is -0.810. The lowest BCUT2D eigenvalue weighted by molar-refractivity contribution is 0.00737. The molecule has 0 radical (unpaired) electrons. The van der Waals surface area contributed by atoms with E-state index in [1.54, 1.807) is 0 Å². The molecule has 0 saturated carbocycles. The van der Waals surface area contributed by atoms with Crippen LogP contribution in [0.1, 0.15) is 40.5 Å². The molecule has 1 aliphatic rings. The van der Waals surface area contributed by atoms with Gasteiger partial charge < -0.3 is 9.47 Å². The van der Waals surface area contributed by atoms with E-state index >= 15 is 0 Å². The van der Waals surface area contributed by atoms with Crippen LogP contribution >= 0.6 is 0 Å². The lowest BCUT2D eigenvalue weighted by atomic mass is 10.1. The van der Waals surface area contributed by atoms with Gasteiger partial charge in [-0.2, -0.15) is 0 Å². The fourth-order valence-corrected chi connectivity index (χ4v) is 1.59. The van der Waals surface area contributed by atoms with Crippen LogP contribution in [0.2, 0.25) is 0 Å². The molecule has 5 heteroatoms. The van der Waals surface area contributed by atoms with Gasteiger partial charge in [-0.05, 0) is 40.5 Å². The normalized spacial score (nSPS) is 26.2. The summed E-state index contributed by atoms with van der Waals surface area (Å²) in [4.78, 5) is 11.4. The van der Waals surface area contributed by atoms with Gasteiger partial charge in [-0.25, -0.2) is 10.2 Å². The number of nitrogens with one attached hydrogen (secondary N) is 2. The van der Waals surface area contributed by atoms with Crippen molar-refractivity contribution in [3.05, 3.63) is 0 Å². The van der Waals surface area contributed by atoms with E-state index in [2.05, 4.69) is 10.9 Å². The predicted octanol–water partition coefficient (Wildman–Crippen LogP) is 1.58. The van der Waals surface area contributed by atoms with Crippen molar-refractivity contribution in [2.75, 3.05) is 6.61 Å². The lowest BCUT2D eigenvalue weighted by Crippen LogP contribution is -2.49. The molecule has 0 bridgehead atoms. The number of rotatable bonds is 2. The van der Waals surface area contributed by atoms with Gasteiger partial charge in [0.15, 0.2) is 0 Å². The maximum Gasteiger partial charge on any atom is 0.422 e. The fourth-order valence-electron chi connectivity index (χ4n) is 1.59. The molecule has 5 nitrogen and oxygen atoms in total. The third-order valence-corrected chi connectivity index (χ3v) is 2.26. The van der Waals surface area contributed by atoms with Gasteiger partial charge in [0.05, 0.1) is 6.10 Å².